The lowest BCUT2D eigenvalue weighted by Gasteiger charge is -2.14. The fraction of sp³-hybridized carbons (Fsp3) is 0. The van der Waals surface area contributed by atoms with Crippen molar-refractivity contribution in [1.29, 1.82) is 0 Å². The smallest absolute Gasteiger partial charge is 0.296 e. The summed E-state index contributed by atoms with van der Waals surface area (Å²) in [5.74, 6) is -1.02. The molecule has 0 radical (unpaired) electrons. The summed E-state index contributed by atoms with van der Waals surface area (Å²) in [5.41, 5.74) is 3.56. The zero-order valence-corrected chi connectivity index (χ0v) is 26.7. The highest BCUT2D eigenvalue weighted by molar-refractivity contribution is 7.86. The van der Waals surface area contributed by atoms with E-state index in [4.69, 9.17) is 5.73 Å². The first-order valence-electron chi connectivity index (χ1n) is 12.6. The van der Waals surface area contributed by atoms with Crippen LogP contribution < -0.4 is 5.73 Å². The van der Waals surface area contributed by atoms with Crippen LogP contribution in [-0.2, 0) is 40.5 Å². The Balaban J connectivity index is 1.82. The summed E-state index contributed by atoms with van der Waals surface area (Å²) in [7, 11) is -20.1. The molecular weight excluding hydrogens is 719 g/mol. The van der Waals surface area contributed by atoms with Crippen LogP contribution in [0.2, 0.25) is 0 Å². The average Bonchev–Trinajstić information content (AvgIpc) is 2.97. The molecule has 0 spiro atoms. The number of fused-ring (bicyclic) bond motifs is 2. The number of nitrogen functional groups attached to an aromatic ring is 1. The second-order valence-electron chi connectivity index (χ2n) is 9.77. The summed E-state index contributed by atoms with van der Waals surface area (Å²) in [5, 5.41) is 25.1. The van der Waals surface area contributed by atoms with Gasteiger partial charge in [0.2, 0.25) is 0 Å². The fourth-order valence-electron chi connectivity index (χ4n) is 4.50. The quantitative estimate of drug-likeness (QED) is 0.0686. The van der Waals surface area contributed by atoms with Crippen molar-refractivity contribution in [1.82, 2.24) is 0 Å². The lowest BCUT2D eigenvalue weighted by Crippen LogP contribution is -2.03. The van der Waals surface area contributed by atoms with Gasteiger partial charge in [-0.3, -0.25) is 18.2 Å². The van der Waals surface area contributed by atoms with E-state index < -0.39 is 99.3 Å². The maximum atomic E-state index is 12.4. The van der Waals surface area contributed by atoms with Gasteiger partial charge in [-0.15, -0.1) is 15.3 Å². The molecule has 5 aromatic rings. The molecule has 48 heavy (non-hydrogen) atoms. The molecule has 0 bridgehead atoms. The molecule has 18 nitrogen and oxygen atoms in total. The number of anilines is 1. The van der Waals surface area contributed by atoms with Crippen LogP contribution >= 0.6 is 0 Å². The molecular formula is C26H19N5O13S4. The van der Waals surface area contributed by atoms with Gasteiger partial charge in [0.25, 0.3) is 40.5 Å². The van der Waals surface area contributed by atoms with Crippen molar-refractivity contribution < 1.29 is 57.0 Å². The standard InChI is InChI=1S/C26H19N5O13S4/c27-23-22-14(11-21(48(42,43)44)25(26(22)32)31-28-15-4-2-1-3-5-15)10-20(47(39,40)41)24(23)30-29-19-12-17(46(36,37)38)9-13-8-16(45(33,34)35)6-7-18(13)19/h1-12,32H,27H2,(H,33,34,35)(H,36,37,38)(H,39,40,41)(H,42,43,44). The Hall–Kier alpha value is -4.94. The summed E-state index contributed by atoms with van der Waals surface area (Å²) in [4.78, 5) is -3.57. The largest absolute Gasteiger partial charge is 0.505 e. The summed E-state index contributed by atoms with van der Waals surface area (Å²) >= 11 is 0. The van der Waals surface area contributed by atoms with E-state index in [1.165, 1.54) is 12.1 Å². The topological polar surface area (TPSA) is 313 Å². The van der Waals surface area contributed by atoms with Crippen molar-refractivity contribution >= 4 is 90.5 Å². The lowest BCUT2D eigenvalue weighted by atomic mass is 10.1. The molecule has 0 saturated carbocycles. The van der Waals surface area contributed by atoms with Gasteiger partial charge in [0, 0.05) is 5.39 Å². The molecule has 250 valence electrons. The maximum absolute atomic E-state index is 12.4. The predicted molar refractivity (Wildman–Crippen MR) is 168 cm³/mol. The molecule has 0 saturated heterocycles. The monoisotopic (exact) mass is 737 g/mol. The van der Waals surface area contributed by atoms with Crippen LogP contribution in [0.5, 0.6) is 5.75 Å². The minimum Gasteiger partial charge on any atom is -0.505 e. The minimum atomic E-state index is -5.26. The highest BCUT2D eigenvalue weighted by atomic mass is 32.2. The van der Waals surface area contributed by atoms with Gasteiger partial charge in [-0.05, 0) is 59.3 Å². The molecule has 0 aliphatic rings. The number of benzene rings is 5. The van der Waals surface area contributed by atoms with Crippen molar-refractivity contribution in [2.75, 3.05) is 5.73 Å². The molecule has 0 unspecified atom stereocenters. The van der Waals surface area contributed by atoms with Crippen LogP contribution in [0.15, 0.2) is 113 Å². The molecule has 0 fully saturated rings. The Bertz CT molecular complexity index is 2680. The maximum Gasteiger partial charge on any atom is 0.296 e. The molecule has 0 atom stereocenters. The van der Waals surface area contributed by atoms with Gasteiger partial charge in [0.15, 0.2) is 5.75 Å². The van der Waals surface area contributed by atoms with E-state index in [1.807, 2.05) is 0 Å². The van der Waals surface area contributed by atoms with Crippen LogP contribution in [-0.4, -0.2) is 57.0 Å². The first kappa shape index (κ1) is 34.4. The molecule has 0 aliphatic carbocycles. The van der Waals surface area contributed by atoms with Crippen LogP contribution in [0, 0.1) is 0 Å². The number of hydrogen-bond donors (Lipinski definition) is 6. The Morgan fingerprint density at radius 2 is 1.08 bits per heavy atom. The molecule has 7 N–H and O–H groups in total. The third-order valence-electron chi connectivity index (χ3n) is 6.62. The number of nitrogens with zero attached hydrogens (tertiary/aromatic N) is 4. The van der Waals surface area contributed by atoms with E-state index in [0.29, 0.717) is 12.1 Å². The lowest BCUT2D eigenvalue weighted by molar-refractivity contribution is 0.472. The van der Waals surface area contributed by atoms with Gasteiger partial charge in [-0.25, -0.2) is 0 Å². The van der Waals surface area contributed by atoms with Crippen molar-refractivity contribution in [3.8, 4) is 5.75 Å². The van der Waals surface area contributed by atoms with Crippen molar-refractivity contribution in [3.05, 3.63) is 72.8 Å². The highest BCUT2D eigenvalue weighted by Gasteiger charge is 2.28. The van der Waals surface area contributed by atoms with Crippen molar-refractivity contribution in [2.24, 2.45) is 20.5 Å². The molecule has 0 heterocycles. The molecule has 0 aromatic heterocycles. The summed E-state index contributed by atoms with van der Waals surface area (Å²) in [6, 6.07) is 13.6. The molecule has 22 heteroatoms. The average molecular weight is 738 g/mol. The third-order valence-corrected chi connectivity index (χ3v) is 10.0. The first-order valence-corrected chi connectivity index (χ1v) is 18.4. The van der Waals surface area contributed by atoms with E-state index in [-0.39, 0.29) is 16.5 Å². The van der Waals surface area contributed by atoms with E-state index in [2.05, 4.69) is 20.5 Å². The van der Waals surface area contributed by atoms with Crippen LogP contribution in [0.1, 0.15) is 0 Å². The summed E-state index contributed by atoms with van der Waals surface area (Å²) in [6.07, 6.45) is 0. The molecule has 0 aliphatic heterocycles. The van der Waals surface area contributed by atoms with Gasteiger partial charge in [0.05, 0.1) is 32.2 Å². The summed E-state index contributed by atoms with van der Waals surface area (Å²) in [6.45, 7) is 0. The minimum absolute atomic E-state index is 0.0319. The van der Waals surface area contributed by atoms with Gasteiger partial charge < -0.3 is 10.8 Å². The zero-order chi connectivity index (χ0) is 35.4. The van der Waals surface area contributed by atoms with E-state index in [9.17, 15) is 57.0 Å². The number of azo groups is 2. The van der Waals surface area contributed by atoms with Gasteiger partial charge in [0.1, 0.15) is 21.2 Å². The van der Waals surface area contributed by atoms with Gasteiger partial charge in [-0.2, -0.15) is 38.8 Å². The normalized spacial score (nSPS) is 13.2. The number of phenols is 1. The zero-order valence-electron chi connectivity index (χ0n) is 23.4. The highest BCUT2D eigenvalue weighted by Crippen LogP contribution is 2.48. The second-order valence-corrected chi connectivity index (χ2v) is 15.4. The number of rotatable bonds is 8. The Labute approximate surface area is 270 Å². The van der Waals surface area contributed by atoms with Crippen LogP contribution in [0.3, 0.4) is 0 Å². The SMILES string of the molecule is Nc1c(N=Nc2cc(S(=O)(=O)O)cc3cc(S(=O)(=O)O)ccc23)c(S(=O)(=O)O)cc2cc(S(=O)(=O)O)c(N=Nc3ccccc3)c(O)c12. The van der Waals surface area contributed by atoms with Crippen LogP contribution in [0.25, 0.3) is 21.5 Å². The van der Waals surface area contributed by atoms with Crippen LogP contribution in [0.4, 0.5) is 28.4 Å². The Morgan fingerprint density at radius 1 is 0.542 bits per heavy atom. The molecule has 5 rings (SSSR count). The van der Waals surface area contributed by atoms with E-state index >= 15 is 0 Å². The number of nitrogens with two attached hydrogens (primary N) is 1. The van der Waals surface area contributed by atoms with Gasteiger partial charge in [-0.1, -0.05) is 24.3 Å². The molecule has 0 amide bonds. The van der Waals surface area contributed by atoms with E-state index in [0.717, 1.165) is 30.3 Å². The number of hydrogen-bond acceptors (Lipinski definition) is 14. The third kappa shape index (κ3) is 6.85. The number of phenolic OH excluding ortho intramolecular Hbond substituents is 1. The van der Waals surface area contributed by atoms with Crippen molar-refractivity contribution in [2.45, 2.75) is 19.6 Å². The van der Waals surface area contributed by atoms with Crippen molar-refractivity contribution in [3.63, 3.8) is 0 Å². The Kier molecular flexibility index (Phi) is 8.56. The number of aromatic hydroxyl groups is 1. The second kappa shape index (κ2) is 11.9. The molecule has 5 aromatic carbocycles. The predicted octanol–water partition coefficient (Wildman–Crippen LogP) is 5.10. The van der Waals surface area contributed by atoms with Gasteiger partial charge >= 0.3 is 0 Å². The fourth-order valence-corrected chi connectivity index (χ4v) is 6.88. The first-order chi connectivity index (χ1) is 22.2. The Morgan fingerprint density at radius 3 is 1.65 bits per heavy atom. The van der Waals surface area contributed by atoms with E-state index in [1.54, 1.807) is 18.2 Å². The summed E-state index contributed by atoms with van der Waals surface area (Å²) < 4.78 is 135.